The minimum absolute atomic E-state index is 0.0316. The summed E-state index contributed by atoms with van der Waals surface area (Å²) in [5.74, 6) is -0.299. The van der Waals surface area contributed by atoms with Crippen LogP contribution in [0.5, 0.6) is 5.75 Å². The van der Waals surface area contributed by atoms with Gasteiger partial charge in [0.1, 0.15) is 12.4 Å². The maximum atomic E-state index is 11.0. The lowest BCUT2D eigenvalue weighted by molar-refractivity contribution is 0.0687. The second-order valence-corrected chi connectivity index (χ2v) is 4.60. The van der Waals surface area contributed by atoms with E-state index in [-0.39, 0.29) is 12.3 Å². The molecule has 0 amide bonds. The van der Waals surface area contributed by atoms with E-state index in [1.54, 1.807) is 23.9 Å². The topological polar surface area (TPSA) is 59.4 Å². The summed E-state index contributed by atoms with van der Waals surface area (Å²) < 4.78 is 5.68. The van der Waals surface area contributed by atoms with Crippen molar-refractivity contribution in [1.29, 1.82) is 0 Å². The third-order valence-electron chi connectivity index (χ3n) is 2.55. The molecular formula is C14H13NO3S. The Bertz CT molecular complexity index is 586. The number of aromatic nitrogens is 1. The maximum absolute atomic E-state index is 11.0. The summed E-state index contributed by atoms with van der Waals surface area (Å²) in [5, 5.41) is 9.04. The van der Waals surface area contributed by atoms with Crippen LogP contribution < -0.4 is 4.74 Å². The zero-order valence-corrected chi connectivity index (χ0v) is 11.2. The molecule has 1 N–H and O–H groups in total. The monoisotopic (exact) mass is 275 g/mol. The number of aromatic carboxylic acids is 1. The second-order valence-electron chi connectivity index (χ2n) is 3.76. The van der Waals surface area contributed by atoms with Gasteiger partial charge in [0.15, 0.2) is 5.69 Å². The van der Waals surface area contributed by atoms with E-state index in [0.29, 0.717) is 5.56 Å². The summed E-state index contributed by atoms with van der Waals surface area (Å²) in [6, 6.07) is 11.1. The summed E-state index contributed by atoms with van der Waals surface area (Å²) in [7, 11) is 0. The first-order chi connectivity index (χ1) is 9.22. The third-order valence-corrected chi connectivity index (χ3v) is 3.32. The van der Waals surface area contributed by atoms with Gasteiger partial charge in [-0.05, 0) is 24.5 Å². The fourth-order valence-electron chi connectivity index (χ4n) is 1.64. The number of rotatable bonds is 5. The number of carboxylic acids is 1. The molecule has 5 heteroatoms. The molecule has 2 rings (SSSR count). The van der Waals surface area contributed by atoms with Gasteiger partial charge >= 0.3 is 5.97 Å². The molecule has 4 nitrogen and oxygen atoms in total. The van der Waals surface area contributed by atoms with Crippen LogP contribution in [0.2, 0.25) is 0 Å². The number of benzene rings is 1. The zero-order chi connectivity index (χ0) is 13.7. The molecule has 0 saturated heterocycles. The quantitative estimate of drug-likeness (QED) is 0.850. The molecule has 2 aromatic rings. The largest absolute Gasteiger partial charge is 0.488 e. The Morgan fingerprint density at radius 3 is 2.84 bits per heavy atom. The molecule has 0 aliphatic heterocycles. The zero-order valence-electron chi connectivity index (χ0n) is 10.4. The number of carbonyl (C=O) groups is 1. The average molecular weight is 275 g/mol. The van der Waals surface area contributed by atoms with E-state index in [2.05, 4.69) is 4.98 Å². The van der Waals surface area contributed by atoms with Crippen molar-refractivity contribution in [2.45, 2.75) is 11.5 Å². The molecule has 0 aliphatic rings. The van der Waals surface area contributed by atoms with Crippen LogP contribution in [0.25, 0.3) is 0 Å². The van der Waals surface area contributed by atoms with Crippen molar-refractivity contribution in [1.82, 2.24) is 4.98 Å². The molecule has 0 radical (unpaired) electrons. The standard InChI is InChI=1S/C14H13NO3S/c1-19-12-7-3-2-6-11(12)18-9-10-5-4-8-15-13(10)14(16)17/h2-8H,9H2,1H3,(H,16,17). The van der Waals surface area contributed by atoms with Crippen LogP contribution in [0, 0.1) is 0 Å². The highest BCUT2D eigenvalue weighted by atomic mass is 32.2. The van der Waals surface area contributed by atoms with E-state index in [1.807, 2.05) is 30.5 Å². The van der Waals surface area contributed by atoms with Crippen molar-refractivity contribution < 1.29 is 14.6 Å². The van der Waals surface area contributed by atoms with Gasteiger partial charge in [0.2, 0.25) is 0 Å². The number of hydrogen-bond donors (Lipinski definition) is 1. The van der Waals surface area contributed by atoms with Crippen LogP contribution in [0.15, 0.2) is 47.5 Å². The molecule has 98 valence electrons. The first kappa shape index (κ1) is 13.4. The van der Waals surface area contributed by atoms with E-state index in [9.17, 15) is 4.79 Å². The molecule has 0 fully saturated rings. The number of para-hydroxylation sites is 1. The van der Waals surface area contributed by atoms with Crippen LogP contribution in [0.1, 0.15) is 16.1 Å². The van der Waals surface area contributed by atoms with Crippen molar-refractivity contribution in [2.75, 3.05) is 6.26 Å². The van der Waals surface area contributed by atoms with E-state index in [1.165, 1.54) is 6.20 Å². The minimum atomic E-state index is -1.04. The third kappa shape index (κ3) is 3.26. The minimum Gasteiger partial charge on any atom is -0.488 e. The van der Waals surface area contributed by atoms with Crippen molar-refractivity contribution in [3.05, 3.63) is 53.9 Å². The Morgan fingerprint density at radius 1 is 1.32 bits per heavy atom. The molecule has 1 aromatic heterocycles. The molecular weight excluding hydrogens is 262 g/mol. The lowest BCUT2D eigenvalue weighted by Gasteiger charge is -2.10. The highest BCUT2D eigenvalue weighted by Gasteiger charge is 2.11. The smallest absolute Gasteiger partial charge is 0.354 e. The molecule has 0 bridgehead atoms. The lowest BCUT2D eigenvalue weighted by atomic mass is 10.2. The number of carboxylic acid groups (broad SMARTS) is 1. The van der Waals surface area contributed by atoms with Gasteiger partial charge in [-0.25, -0.2) is 9.78 Å². The molecule has 19 heavy (non-hydrogen) atoms. The van der Waals surface area contributed by atoms with Crippen LogP contribution >= 0.6 is 11.8 Å². The van der Waals surface area contributed by atoms with Crippen molar-refractivity contribution in [3.63, 3.8) is 0 Å². The van der Waals surface area contributed by atoms with Gasteiger partial charge in [0.05, 0.1) is 0 Å². The maximum Gasteiger partial charge on any atom is 0.354 e. The Hall–Kier alpha value is -2.01. The van der Waals surface area contributed by atoms with Gasteiger partial charge in [0, 0.05) is 16.7 Å². The van der Waals surface area contributed by atoms with Crippen LogP contribution in [-0.4, -0.2) is 22.3 Å². The van der Waals surface area contributed by atoms with E-state index < -0.39 is 5.97 Å². The number of pyridine rings is 1. The summed E-state index contributed by atoms with van der Waals surface area (Å²) in [5.41, 5.74) is 0.593. The highest BCUT2D eigenvalue weighted by molar-refractivity contribution is 7.98. The first-order valence-electron chi connectivity index (χ1n) is 5.65. The lowest BCUT2D eigenvalue weighted by Crippen LogP contribution is -2.08. The van der Waals surface area contributed by atoms with E-state index in [0.717, 1.165) is 10.6 Å². The van der Waals surface area contributed by atoms with Gasteiger partial charge < -0.3 is 9.84 Å². The molecule has 0 spiro atoms. The fraction of sp³-hybridized carbons (Fsp3) is 0.143. The average Bonchev–Trinajstić information content (AvgIpc) is 2.45. The molecule has 0 saturated carbocycles. The van der Waals surface area contributed by atoms with Crippen molar-refractivity contribution in [3.8, 4) is 5.75 Å². The van der Waals surface area contributed by atoms with Gasteiger partial charge in [-0.2, -0.15) is 0 Å². The van der Waals surface area contributed by atoms with Crippen molar-refractivity contribution >= 4 is 17.7 Å². The summed E-state index contributed by atoms with van der Waals surface area (Å²) in [4.78, 5) is 15.9. The normalized spacial score (nSPS) is 10.2. The predicted molar refractivity (Wildman–Crippen MR) is 73.8 cm³/mol. The van der Waals surface area contributed by atoms with Crippen LogP contribution in [-0.2, 0) is 6.61 Å². The molecule has 1 aromatic carbocycles. The fourth-order valence-corrected chi connectivity index (χ4v) is 2.18. The number of ether oxygens (including phenoxy) is 1. The second kappa shape index (κ2) is 6.24. The molecule has 1 heterocycles. The molecule has 0 unspecified atom stereocenters. The summed E-state index contributed by atoms with van der Waals surface area (Å²) in [6.07, 6.45) is 3.43. The van der Waals surface area contributed by atoms with Crippen LogP contribution in [0.3, 0.4) is 0 Å². The predicted octanol–water partition coefficient (Wildman–Crippen LogP) is 3.08. The SMILES string of the molecule is CSc1ccccc1OCc1cccnc1C(=O)O. The van der Waals surface area contributed by atoms with Gasteiger partial charge in [-0.3, -0.25) is 0 Å². The molecule has 0 aliphatic carbocycles. The number of thioether (sulfide) groups is 1. The highest BCUT2D eigenvalue weighted by Crippen LogP contribution is 2.27. The van der Waals surface area contributed by atoms with E-state index >= 15 is 0 Å². The Kier molecular flexibility index (Phi) is 4.41. The van der Waals surface area contributed by atoms with E-state index in [4.69, 9.17) is 9.84 Å². The summed E-state index contributed by atoms with van der Waals surface area (Å²) in [6.45, 7) is 0.188. The van der Waals surface area contributed by atoms with Gasteiger partial charge in [0.25, 0.3) is 0 Å². The van der Waals surface area contributed by atoms with Crippen molar-refractivity contribution in [2.24, 2.45) is 0 Å². The van der Waals surface area contributed by atoms with Gasteiger partial charge in [-0.1, -0.05) is 18.2 Å². The Balaban J connectivity index is 2.17. The summed E-state index contributed by atoms with van der Waals surface area (Å²) >= 11 is 1.58. The first-order valence-corrected chi connectivity index (χ1v) is 6.88. The molecule has 0 atom stereocenters. The Morgan fingerprint density at radius 2 is 2.11 bits per heavy atom. The van der Waals surface area contributed by atoms with Gasteiger partial charge in [-0.15, -0.1) is 11.8 Å². The Labute approximate surface area is 115 Å². The van der Waals surface area contributed by atoms with Crippen LogP contribution in [0.4, 0.5) is 0 Å². The number of nitrogens with zero attached hydrogens (tertiary/aromatic N) is 1. The number of hydrogen-bond acceptors (Lipinski definition) is 4.